The Kier molecular flexibility index (Phi) is 5.86. The highest BCUT2D eigenvalue weighted by atomic mass is 79.9. The minimum absolute atomic E-state index is 0.00165. The highest BCUT2D eigenvalue weighted by Crippen LogP contribution is 2.60. The van der Waals surface area contributed by atoms with E-state index in [0.29, 0.717) is 11.3 Å². The van der Waals surface area contributed by atoms with Crippen molar-refractivity contribution in [1.29, 1.82) is 0 Å². The molecule has 0 aromatic heterocycles. The molecule has 1 N–H and O–H groups in total. The fraction of sp³-hybridized carbons (Fsp3) is 0.333. The summed E-state index contributed by atoms with van der Waals surface area (Å²) < 4.78 is 11.4. The number of benzene rings is 2. The number of carbonyl (C=O) groups is 4. The first-order chi connectivity index (χ1) is 15.8. The number of hydrogen-bond acceptors (Lipinski definition) is 6. The van der Waals surface area contributed by atoms with Crippen molar-refractivity contribution in [3.63, 3.8) is 0 Å². The maximum absolute atomic E-state index is 13.0. The number of fused-ring (bicyclic) bond motifs is 1. The SMILES string of the molecule is O=C(COC(=O)c1ccc(NC(=O)[C@@H]2[C@H]3C[C@H]4[C@H](OC(=O)[C@H]42)[C@@H]3Br)cc1)c1ccc(Br)cc1. The van der Waals surface area contributed by atoms with E-state index in [1.54, 1.807) is 36.4 Å². The van der Waals surface area contributed by atoms with Crippen molar-refractivity contribution in [2.24, 2.45) is 23.7 Å². The Balaban J connectivity index is 1.18. The fourth-order valence-electron chi connectivity index (χ4n) is 5.18. The number of Topliss-reactive ketones (excluding diaryl/α,β-unsaturated/α-hetero) is 1. The Hall–Kier alpha value is -2.52. The monoisotopic (exact) mass is 575 g/mol. The van der Waals surface area contributed by atoms with Crippen LogP contribution >= 0.6 is 31.9 Å². The minimum atomic E-state index is -0.631. The van der Waals surface area contributed by atoms with Crippen molar-refractivity contribution in [1.82, 2.24) is 0 Å². The Morgan fingerprint density at radius 3 is 2.36 bits per heavy atom. The normalized spacial score (nSPS) is 29.0. The van der Waals surface area contributed by atoms with E-state index in [-0.39, 0.29) is 58.5 Å². The Morgan fingerprint density at radius 1 is 1.00 bits per heavy atom. The lowest BCUT2D eigenvalue weighted by Gasteiger charge is -2.27. The van der Waals surface area contributed by atoms with Crippen LogP contribution in [0.15, 0.2) is 53.0 Å². The highest BCUT2D eigenvalue weighted by Gasteiger charge is 2.67. The molecule has 1 amide bonds. The van der Waals surface area contributed by atoms with Crippen LogP contribution in [0.5, 0.6) is 0 Å². The molecule has 2 aliphatic carbocycles. The number of hydrogen-bond donors (Lipinski definition) is 1. The first-order valence-corrected chi connectivity index (χ1v) is 12.3. The molecular weight excluding hydrogens is 558 g/mol. The van der Waals surface area contributed by atoms with E-state index in [0.717, 1.165) is 10.9 Å². The maximum Gasteiger partial charge on any atom is 0.338 e. The third kappa shape index (κ3) is 4.01. The van der Waals surface area contributed by atoms with Crippen LogP contribution in [0, 0.1) is 23.7 Å². The van der Waals surface area contributed by atoms with E-state index in [4.69, 9.17) is 9.47 Å². The van der Waals surface area contributed by atoms with Gasteiger partial charge in [0.2, 0.25) is 5.91 Å². The number of halogens is 2. The molecule has 3 fully saturated rings. The summed E-state index contributed by atoms with van der Waals surface area (Å²) in [5.41, 5.74) is 1.23. The second-order valence-electron chi connectivity index (χ2n) is 8.53. The minimum Gasteiger partial charge on any atom is -0.461 e. The van der Waals surface area contributed by atoms with Crippen molar-refractivity contribution < 1.29 is 28.7 Å². The van der Waals surface area contributed by atoms with Crippen LogP contribution in [-0.4, -0.2) is 41.2 Å². The first-order valence-electron chi connectivity index (χ1n) is 10.5. The van der Waals surface area contributed by atoms with E-state index < -0.39 is 11.9 Å². The van der Waals surface area contributed by atoms with Gasteiger partial charge in [-0.2, -0.15) is 0 Å². The van der Waals surface area contributed by atoms with Gasteiger partial charge in [0, 0.05) is 21.6 Å². The van der Waals surface area contributed by atoms with Crippen LogP contribution in [0.2, 0.25) is 0 Å². The number of rotatable bonds is 6. The van der Waals surface area contributed by atoms with Gasteiger partial charge in [0.1, 0.15) is 6.10 Å². The molecule has 2 aromatic rings. The molecular formula is C24H19Br2NO6. The highest BCUT2D eigenvalue weighted by molar-refractivity contribution is 9.10. The molecule has 33 heavy (non-hydrogen) atoms. The number of anilines is 1. The van der Waals surface area contributed by atoms with E-state index in [1.165, 1.54) is 12.1 Å². The molecule has 5 rings (SSSR count). The van der Waals surface area contributed by atoms with Gasteiger partial charge in [-0.25, -0.2) is 4.79 Å². The van der Waals surface area contributed by atoms with Gasteiger partial charge >= 0.3 is 11.9 Å². The number of alkyl halides is 1. The topological polar surface area (TPSA) is 98.8 Å². The van der Waals surface area contributed by atoms with Gasteiger partial charge in [-0.1, -0.05) is 44.0 Å². The molecule has 1 heterocycles. The second-order valence-corrected chi connectivity index (χ2v) is 10.5. The molecule has 6 atom stereocenters. The van der Waals surface area contributed by atoms with E-state index in [2.05, 4.69) is 37.2 Å². The molecule has 2 bridgehead atoms. The van der Waals surface area contributed by atoms with Crippen molar-refractivity contribution in [2.45, 2.75) is 17.4 Å². The van der Waals surface area contributed by atoms with Gasteiger partial charge in [-0.15, -0.1) is 0 Å². The quantitative estimate of drug-likeness (QED) is 0.317. The number of nitrogens with one attached hydrogen (secondary N) is 1. The number of ketones is 1. The molecule has 1 aliphatic heterocycles. The summed E-state index contributed by atoms with van der Waals surface area (Å²) in [5.74, 6) is -2.09. The summed E-state index contributed by atoms with van der Waals surface area (Å²) >= 11 is 6.91. The lowest BCUT2D eigenvalue weighted by Crippen LogP contribution is -2.40. The zero-order chi connectivity index (χ0) is 23.3. The van der Waals surface area contributed by atoms with Crippen LogP contribution in [0.4, 0.5) is 5.69 Å². The molecule has 3 aliphatic rings. The summed E-state index contributed by atoms with van der Waals surface area (Å²) in [6.07, 6.45) is 0.677. The predicted octanol–water partition coefficient (Wildman–Crippen LogP) is 4.00. The van der Waals surface area contributed by atoms with Crippen LogP contribution in [0.25, 0.3) is 0 Å². The maximum atomic E-state index is 13.0. The summed E-state index contributed by atoms with van der Waals surface area (Å²) in [4.78, 5) is 49.7. The van der Waals surface area contributed by atoms with E-state index in [1.807, 2.05) is 0 Å². The van der Waals surface area contributed by atoms with Gasteiger partial charge in [0.25, 0.3) is 0 Å². The summed E-state index contributed by atoms with van der Waals surface area (Å²) in [6.45, 7) is -0.366. The molecule has 0 spiro atoms. The molecule has 0 unspecified atom stereocenters. The summed E-state index contributed by atoms with van der Waals surface area (Å²) in [5, 5.41) is 2.86. The molecule has 2 aromatic carbocycles. The Labute approximate surface area is 206 Å². The number of carbonyl (C=O) groups excluding carboxylic acids is 4. The molecule has 0 radical (unpaired) electrons. The first kappa shape index (κ1) is 22.3. The molecule has 170 valence electrons. The van der Waals surface area contributed by atoms with Gasteiger partial charge in [0.15, 0.2) is 12.4 Å². The zero-order valence-electron chi connectivity index (χ0n) is 17.2. The Bertz CT molecular complexity index is 1130. The molecule has 7 nitrogen and oxygen atoms in total. The standard InChI is InChI=1S/C24H19Br2NO6/c25-13-5-1-11(2-6-13)17(28)10-32-23(30)12-3-7-14(8-4-12)27-22(29)18-15-9-16-19(18)24(31)33-21(16)20(15)26/h1-8,15-16,18-21H,9-10H2,(H,27,29)/t15-,16-,18-,19-,20-,21+/m1/s1. The van der Waals surface area contributed by atoms with Gasteiger partial charge in [-0.05, 0) is 48.7 Å². The van der Waals surface area contributed by atoms with Gasteiger partial charge in [-0.3, -0.25) is 14.4 Å². The van der Waals surface area contributed by atoms with E-state index in [9.17, 15) is 19.2 Å². The fourth-order valence-corrected chi connectivity index (χ4v) is 6.49. The zero-order valence-corrected chi connectivity index (χ0v) is 20.4. The van der Waals surface area contributed by atoms with Gasteiger partial charge in [0.05, 0.1) is 22.2 Å². The molecule has 9 heteroatoms. The summed E-state index contributed by atoms with van der Waals surface area (Å²) in [7, 11) is 0. The van der Waals surface area contributed by atoms with E-state index >= 15 is 0 Å². The third-order valence-electron chi connectivity index (χ3n) is 6.71. The van der Waals surface area contributed by atoms with Crippen LogP contribution in [-0.2, 0) is 19.1 Å². The number of ether oxygens (including phenoxy) is 2. The van der Waals surface area contributed by atoms with Crippen molar-refractivity contribution in [3.05, 3.63) is 64.1 Å². The van der Waals surface area contributed by atoms with Crippen LogP contribution < -0.4 is 5.32 Å². The lowest BCUT2D eigenvalue weighted by atomic mass is 9.79. The lowest BCUT2D eigenvalue weighted by molar-refractivity contribution is -0.145. The largest absolute Gasteiger partial charge is 0.461 e. The average Bonchev–Trinajstić information content (AvgIpc) is 3.42. The number of esters is 2. The average molecular weight is 577 g/mol. The smallest absolute Gasteiger partial charge is 0.338 e. The van der Waals surface area contributed by atoms with Crippen molar-refractivity contribution in [3.8, 4) is 0 Å². The third-order valence-corrected chi connectivity index (χ3v) is 8.44. The molecule has 1 saturated heterocycles. The molecule has 2 saturated carbocycles. The van der Waals surface area contributed by atoms with Gasteiger partial charge < -0.3 is 14.8 Å². The van der Waals surface area contributed by atoms with Crippen molar-refractivity contribution >= 4 is 61.2 Å². The van der Waals surface area contributed by atoms with Crippen LogP contribution in [0.3, 0.4) is 0 Å². The van der Waals surface area contributed by atoms with Crippen molar-refractivity contribution in [2.75, 3.05) is 11.9 Å². The predicted molar refractivity (Wildman–Crippen MR) is 125 cm³/mol. The van der Waals surface area contributed by atoms with Crippen LogP contribution in [0.1, 0.15) is 27.1 Å². The summed E-state index contributed by atoms with van der Waals surface area (Å²) in [6, 6.07) is 13.0. The second kappa shape index (κ2) is 8.68. The Morgan fingerprint density at radius 2 is 1.67 bits per heavy atom. The number of amides is 1.